The maximum atomic E-state index is 5.67. The number of anilines is 1. The summed E-state index contributed by atoms with van der Waals surface area (Å²) in [6.45, 7) is 0.670. The molecule has 0 aliphatic carbocycles. The quantitative estimate of drug-likeness (QED) is 0.620. The van der Waals surface area contributed by atoms with Crippen molar-refractivity contribution < 1.29 is 8.47 Å². The maximum absolute atomic E-state index is 5.67. The second kappa shape index (κ2) is 5.50. The van der Waals surface area contributed by atoms with Crippen LogP contribution in [0, 0.1) is 0 Å². The van der Waals surface area contributed by atoms with Crippen molar-refractivity contribution in [2.24, 2.45) is 0 Å². The lowest BCUT2D eigenvalue weighted by Gasteiger charge is -2.12. The van der Waals surface area contributed by atoms with Crippen LogP contribution in [0.3, 0.4) is 0 Å². The molecular formula is C8H10ClN5O2S. The summed E-state index contributed by atoms with van der Waals surface area (Å²) < 4.78 is 11.1. The number of hydrogen-bond donors (Lipinski definition) is 2. The van der Waals surface area contributed by atoms with E-state index >= 15 is 0 Å². The molecule has 0 aliphatic rings. The number of hydrogen-bond acceptors (Lipinski definition) is 7. The van der Waals surface area contributed by atoms with Crippen molar-refractivity contribution in [1.82, 2.24) is 19.5 Å². The zero-order valence-electron chi connectivity index (χ0n) is 8.65. The maximum Gasteiger partial charge on any atom is 0.165 e. The van der Waals surface area contributed by atoms with Crippen LogP contribution >= 0.6 is 24.8 Å². The van der Waals surface area contributed by atoms with Gasteiger partial charge in [-0.1, -0.05) is 0 Å². The second-order valence-corrected chi connectivity index (χ2v) is 3.77. The van der Waals surface area contributed by atoms with Crippen LogP contribution in [-0.2, 0) is 15.0 Å². The summed E-state index contributed by atoms with van der Waals surface area (Å²) in [6, 6.07) is 0. The van der Waals surface area contributed by atoms with Crippen LogP contribution in [0.2, 0.25) is 0 Å². The Morgan fingerprint density at radius 3 is 3.00 bits per heavy atom. The van der Waals surface area contributed by atoms with Crippen molar-refractivity contribution in [2.75, 3.05) is 12.3 Å². The minimum Gasteiger partial charge on any atom is -0.382 e. The zero-order chi connectivity index (χ0) is 12.3. The fraction of sp³-hybridized carbons (Fsp3) is 0.375. The van der Waals surface area contributed by atoms with Crippen molar-refractivity contribution in [3.63, 3.8) is 0 Å². The third-order valence-electron chi connectivity index (χ3n) is 2.22. The van der Waals surface area contributed by atoms with Gasteiger partial charge in [-0.25, -0.2) is 15.0 Å². The molecular weight excluding hydrogens is 266 g/mol. The molecule has 0 radical (unpaired) electrons. The number of imidazole rings is 1. The molecule has 17 heavy (non-hydrogen) atoms. The monoisotopic (exact) mass is 275 g/mol. The number of fused-ring (bicyclic) bond motifs is 1. The smallest absolute Gasteiger partial charge is 0.165 e. The molecule has 0 bridgehead atoms. The number of halogens is 1. The van der Waals surface area contributed by atoms with E-state index in [4.69, 9.17) is 21.9 Å². The van der Waals surface area contributed by atoms with Gasteiger partial charge in [-0.15, -0.1) is 0 Å². The molecule has 92 valence electrons. The van der Waals surface area contributed by atoms with Crippen LogP contribution in [0.15, 0.2) is 12.7 Å². The summed E-state index contributed by atoms with van der Waals surface area (Å²) in [4.78, 5) is 12.1. The molecule has 2 aromatic heterocycles. The molecule has 0 fully saturated rings. The number of thiol groups is 1. The first kappa shape index (κ1) is 12.4. The van der Waals surface area contributed by atoms with Gasteiger partial charge < -0.3 is 14.5 Å². The summed E-state index contributed by atoms with van der Waals surface area (Å²) in [5.74, 6) is 0.336. The van der Waals surface area contributed by atoms with Crippen LogP contribution in [0.25, 0.3) is 11.2 Å². The molecule has 0 aromatic carbocycles. The van der Waals surface area contributed by atoms with Crippen molar-refractivity contribution >= 4 is 41.8 Å². The van der Waals surface area contributed by atoms with Crippen LogP contribution in [0.4, 0.5) is 5.82 Å². The van der Waals surface area contributed by atoms with Gasteiger partial charge in [-0.05, 0) is 12.9 Å². The Kier molecular flexibility index (Phi) is 4.00. The minimum absolute atomic E-state index is 0.243. The lowest BCUT2D eigenvalue weighted by molar-refractivity contribution is 0.139. The van der Waals surface area contributed by atoms with Crippen LogP contribution in [0.1, 0.15) is 0 Å². The first-order valence-electron chi connectivity index (χ1n) is 4.71. The molecule has 9 heteroatoms. The molecule has 1 atom stereocenters. The molecule has 0 spiro atoms. The number of nitrogen functional groups attached to an aromatic ring is 1. The van der Waals surface area contributed by atoms with E-state index in [9.17, 15) is 0 Å². The summed E-state index contributed by atoms with van der Waals surface area (Å²) in [5.41, 5.74) is 6.84. The zero-order valence-corrected chi connectivity index (χ0v) is 10.3. The second-order valence-electron chi connectivity index (χ2n) is 3.33. The Balaban J connectivity index is 2.27. The van der Waals surface area contributed by atoms with E-state index in [0.29, 0.717) is 23.5 Å². The average Bonchev–Trinajstić information content (AvgIpc) is 2.73. The highest BCUT2D eigenvalue weighted by atomic mass is 35.5. The SMILES string of the molecule is Nc1ncnc2c1ncn2CC(COS)OCl. The highest BCUT2D eigenvalue weighted by Gasteiger charge is 2.14. The summed E-state index contributed by atoms with van der Waals surface area (Å²) in [6.07, 6.45) is 2.61. The van der Waals surface area contributed by atoms with Gasteiger partial charge in [0, 0.05) is 0 Å². The Bertz CT molecular complexity index is 508. The Morgan fingerprint density at radius 1 is 1.47 bits per heavy atom. The summed E-state index contributed by atoms with van der Waals surface area (Å²) in [5, 5.41) is 0. The van der Waals surface area contributed by atoms with Gasteiger partial charge in [0.1, 0.15) is 17.9 Å². The van der Waals surface area contributed by atoms with Gasteiger partial charge in [-0.3, -0.25) is 4.29 Å². The molecule has 2 rings (SSSR count). The topological polar surface area (TPSA) is 88.1 Å². The number of rotatable bonds is 5. The van der Waals surface area contributed by atoms with Crippen molar-refractivity contribution in [3.8, 4) is 0 Å². The van der Waals surface area contributed by atoms with E-state index in [-0.39, 0.29) is 12.7 Å². The predicted molar refractivity (Wildman–Crippen MR) is 65.4 cm³/mol. The number of aromatic nitrogens is 4. The molecule has 2 N–H and O–H groups in total. The normalized spacial score (nSPS) is 13.1. The van der Waals surface area contributed by atoms with E-state index in [0.717, 1.165) is 0 Å². The minimum atomic E-state index is -0.359. The van der Waals surface area contributed by atoms with Crippen LogP contribution in [-0.4, -0.2) is 32.2 Å². The molecule has 0 aliphatic heterocycles. The Hall–Kier alpha value is -1.09. The van der Waals surface area contributed by atoms with Gasteiger partial charge in [0.05, 0.1) is 31.3 Å². The Labute approximate surface area is 108 Å². The van der Waals surface area contributed by atoms with Gasteiger partial charge in [0.15, 0.2) is 11.5 Å². The van der Waals surface area contributed by atoms with Crippen LogP contribution in [0.5, 0.6) is 0 Å². The molecule has 0 saturated heterocycles. The lowest BCUT2D eigenvalue weighted by Crippen LogP contribution is -2.21. The summed E-state index contributed by atoms with van der Waals surface area (Å²) >= 11 is 8.99. The molecule has 0 amide bonds. The predicted octanol–water partition coefficient (Wildman–Crippen LogP) is 0.809. The third-order valence-corrected chi connectivity index (χ3v) is 2.62. The Morgan fingerprint density at radius 2 is 2.29 bits per heavy atom. The highest BCUT2D eigenvalue weighted by Crippen LogP contribution is 2.15. The fourth-order valence-electron chi connectivity index (χ4n) is 1.44. The number of nitrogens with zero attached hydrogens (tertiary/aromatic N) is 4. The first-order valence-corrected chi connectivity index (χ1v) is 5.38. The summed E-state index contributed by atoms with van der Waals surface area (Å²) in [7, 11) is 0. The van der Waals surface area contributed by atoms with Crippen molar-refractivity contribution in [1.29, 1.82) is 0 Å². The van der Waals surface area contributed by atoms with E-state index in [1.165, 1.54) is 6.33 Å². The largest absolute Gasteiger partial charge is 0.382 e. The molecule has 7 nitrogen and oxygen atoms in total. The van der Waals surface area contributed by atoms with E-state index in [1.54, 1.807) is 10.9 Å². The van der Waals surface area contributed by atoms with Gasteiger partial charge in [0.25, 0.3) is 0 Å². The molecule has 2 aromatic rings. The number of nitrogens with two attached hydrogens (primary N) is 1. The van der Waals surface area contributed by atoms with E-state index < -0.39 is 0 Å². The average molecular weight is 276 g/mol. The lowest BCUT2D eigenvalue weighted by atomic mass is 10.4. The van der Waals surface area contributed by atoms with Gasteiger partial charge in [0.2, 0.25) is 0 Å². The molecule has 1 unspecified atom stereocenters. The van der Waals surface area contributed by atoms with Crippen LogP contribution < -0.4 is 5.73 Å². The van der Waals surface area contributed by atoms with Crippen molar-refractivity contribution in [3.05, 3.63) is 12.7 Å². The molecule has 2 heterocycles. The van der Waals surface area contributed by atoms with Crippen molar-refractivity contribution in [2.45, 2.75) is 12.6 Å². The van der Waals surface area contributed by atoms with E-state index in [2.05, 4.69) is 32.0 Å². The molecule has 0 saturated carbocycles. The fourth-order valence-corrected chi connectivity index (χ4v) is 1.72. The highest BCUT2D eigenvalue weighted by molar-refractivity contribution is 7.75. The van der Waals surface area contributed by atoms with Gasteiger partial charge >= 0.3 is 0 Å². The first-order chi connectivity index (χ1) is 8.26. The van der Waals surface area contributed by atoms with Gasteiger partial charge in [-0.2, -0.15) is 0 Å². The third kappa shape index (κ3) is 2.60. The van der Waals surface area contributed by atoms with E-state index in [1.807, 2.05) is 0 Å². The standard InChI is InChI=1S/C8H10ClN5O2S/c9-16-5(2-15-17)1-14-4-13-6-7(10)11-3-12-8(6)14/h3-5,17H,1-2H2,(H2,10,11,12).